The van der Waals surface area contributed by atoms with Crippen LogP contribution in [0.5, 0.6) is 0 Å². The van der Waals surface area contributed by atoms with Gasteiger partial charge in [-0.25, -0.2) is 4.99 Å². The Labute approximate surface area is 183 Å². The summed E-state index contributed by atoms with van der Waals surface area (Å²) in [5.74, 6) is 1.64. The number of furan rings is 1. The van der Waals surface area contributed by atoms with Gasteiger partial charge in [0.15, 0.2) is 5.96 Å². The third-order valence-electron chi connectivity index (χ3n) is 4.87. The molecule has 158 valence electrons. The molecule has 2 aliphatic rings. The highest BCUT2D eigenvalue weighted by Crippen LogP contribution is 2.21. The molecule has 0 spiro atoms. The second-order valence-corrected chi connectivity index (χ2v) is 7.09. The van der Waals surface area contributed by atoms with E-state index >= 15 is 0 Å². The highest BCUT2D eigenvalue weighted by Gasteiger charge is 2.32. The molecule has 2 unspecified atom stereocenters. The van der Waals surface area contributed by atoms with Gasteiger partial charge in [0.05, 0.1) is 19.0 Å². The molecule has 2 aliphatic heterocycles. The van der Waals surface area contributed by atoms with Crippen molar-refractivity contribution in [2.75, 3.05) is 53.5 Å². The minimum absolute atomic E-state index is 0. The quantitative estimate of drug-likeness (QED) is 0.357. The van der Waals surface area contributed by atoms with E-state index in [1.54, 1.807) is 25.3 Å². The standard InChI is InChI=1S/C19H30N4O4.HI/c1-22(2)18(24)13-21-19(20-8-7-15-5-3-10-25-15)23-9-12-27-17(14-23)16-6-4-11-26-16;/h3,5,10,16-17H,4,6-9,11-14H2,1-2H3,(H,20,21);1H. The van der Waals surface area contributed by atoms with E-state index in [0.717, 1.165) is 44.1 Å². The molecule has 3 heterocycles. The summed E-state index contributed by atoms with van der Waals surface area (Å²) in [4.78, 5) is 20.3. The second-order valence-electron chi connectivity index (χ2n) is 7.09. The summed E-state index contributed by atoms with van der Waals surface area (Å²) in [6, 6.07) is 3.84. The molecule has 0 bridgehead atoms. The first-order chi connectivity index (χ1) is 13.1. The molecular formula is C19H31IN4O4. The normalized spacial score (nSPS) is 22.6. The fourth-order valence-corrected chi connectivity index (χ4v) is 3.29. The maximum atomic E-state index is 12.0. The number of aliphatic imine (C=N–C) groups is 1. The number of nitrogens with zero attached hydrogens (tertiary/aromatic N) is 3. The lowest BCUT2D eigenvalue weighted by Gasteiger charge is -2.37. The van der Waals surface area contributed by atoms with Crippen molar-refractivity contribution in [2.24, 2.45) is 4.99 Å². The van der Waals surface area contributed by atoms with E-state index < -0.39 is 0 Å². The van der Waals surface area contributed by atoms with Crippen molar-refractivity contribution < 1.29 is 18.7 Å². The minimum atomic E-state index is -0.0238. The average molecular weight is 506 g/mol. The summed E-state index contributed by atoms with van der Waals surface area (Å²) in [5.41, 5.74) is 0. The molecule has 0 radical (unpaired) electrons. The number of hydrogen-bond donors (Lipinski definition) is 1. The molecule has 2 saturated heterocycles. The van der Waals surface area contributed by atoms with E-state index in [1.165, 1.54) is 0 Å². The first-order valence-corrected chi connectivity index (χ1v) is 9.62. The average Bonchev–Trinajstić information content (AvgIpc) is 3.38. The number of rotatable bonds is 6. The SMILES string of the molecule is CN(C)C(=O)CN=C(NCCc1ccco1)N1CCOC(C2CCCO2)C1.I. The topological polar surface area (TPSA) is 79.5 Å². The number of nitrogens with one attached hydrogen (secondary N) is 1. The maximum absolute atomic E-state index is 12.0. The number of amides is 1. The van der Waals surface area contributed by atoms with E-state index in [2.05, 4.69) is 15.2 Å². The van der Waals surface area contributed by atoms with Crippen molar-refractivity contribution in [3.05, 3.63) is 24.2 Å². The molecule has 0 aliphatic carbocycles. The third-order valence-corrected chi connectivity index (χ3v) is 4.87. The van der Waals surface area contributed by atoms with E-state index in [1.807, 2.05) is 12.1 Å². The zero-order chi connectivity index (χ0) is 19.1. The first-order valence-electron chi connectivity index (χ1n) is 9.62. The molecular weight excluding hydrogens is 475 g/mol. The number of ether oxygens (including phenoxy) is 2. The van der Waals surface area contributed by atoms with Gasteiger partial charge in [-0.3, -0.25) is 4.79 Å². The van der Waals surface area contributed by atoms with E-state index in [-0.39, 0.29) is 48.6 Å². The summed E-state index contributed by atoms with van der Waals surface area (Å²) in [6.07, 6.45) is 4.75. The molecule has 2 atom stereocenters. The highest BCUT2D eigenvalue weighted by molar-refractivity contribution is 14.0. The number of guanidine groups is 1. The van der Waals surface area contributed by atoms with Crippen LogP contribution in [-0.4, -0.2) is 87.4 Å². The van der Waals surface area contributed by atoms with E-state index in [4.69, 9.17) is 13.9 Å². The van der Waals surface area contributed by atoms with Crippen molar-refractivity contribution in [2.45, 2.75) is 31.5 Å². The van der Waals surface area contributed by atoms with Gasteiger partial charge in [0, 0.05) is 46.8 Å². The molecule has 1 N–H and O–H groups in total. The number of carbonyl (C=O) groups excluding carboxylic acids is 1. The largest absolute Gasteiger partial charge is 0.469 e. The molecule has 1 aromatic heterocycles. The highest BCUT2D eigenvalue weighted by atomic mass is 127. The number of halogens is 1. The van der Waals surface area contributed by atoms with Crippen LogP contribution in [0, 0.1) is 0 Å². The summed E-state index contributed by atoms with van der Waals surface area (Å²) in [5, 5.41) is 3.38. The third kappa shape index (κ3) is 6.63. The first kappa shape index (κ1) is 23.0. The fraction of sp³-hybridized carbons (Fsp3) is 0.684. The van der Waals surface area contributed by atoms with Crippen LogP contribution in [0.4, 0.5) is 0 Å². The lowest BCUT2D eigenvalue weighted by atomic mass is 10.1. The van der Waals surface area contributed by atoms with Crippen molar-refractivity contribution in [1.29, 1.82) is 0 Å². The molecule has 9 heteroatoms. The van der Waals surface area contributed by atoms with Gasteiger partial charge in [-0.2, -0.15) is 0 Å². The van der Waals surface area contributed by atoms with Gasteiger partial charge in [0.2, 0.25) is 5.91 Å². The Bertz CT molecular complexity index is 617. The van der Waals surface area contributed by atoms with Crippen LogP contribution in [0.1, 0.15) is 18.6 Å². The number of hydrogen-bond acceptors (Lipinski definition) is 5. The van der Waals surface area contributed by atoms with Crippen molar-refractivity contribution in [1.82, 2.24) is 15.1 Å². The van der Waals surface area contributed by atoms with Crippen LogP contribution >= 0.6 is 24.0 Å². The summed E-state index contributed by atoms with van der Waals surface area (Å²) in [6.45, 7) is 3.71. The van der Waals surface area contributed by atoms with E-state index in [9.17, 15) is 4.79 Å². The van der Waals surface area contributed by atoms with Gasteiger partial charge in [-0.15, -0.1) is 24.0 Å². The molecule has 28 heavy (non-hydrogen) atoms. The lowest BCUT2D eigenvalue weighted by molar-refractivity contribution is -0.127. The monoisotopic (exact) mass is 506 g/mol. The van der Waals surface area contributed by atoms with Crippen LogP contribution < -0.4 is 5.32 Å². The Morgan fingerprint density at radius 3 is 2.82 bits per heavy atom. The van der Waals surface area contributed by atoms with Gasteiger partial charge >= 0.3 is 0 Å². The van der Waals surface area contributed by atoms with E-state index in [0.29, 0.717) is 19.7 Å². The Kier molecular flexibility index (Phi) is 9.52. The minimum Gasteiger partial charge on any atom is -0.469 e. The van der Waals surface area contributed by atoms with Crippen LogP contribution in [0.15, 0.2) is 27.8 Å². The number of carbonyl (C=O) groups is 1. The van der Waals surface area contributed by atoms with Gasteiger partial charge in [-0.05, 0) is 25.0 Å². The van der Waals surface area contributed by atoms with Crippen LogP contribution in [-0.2, 0) is 20.7 Å². The fourth-order valence-electron chi connectivity index (χ4n) is 3.29. The number of likely N-dealkylation sites (N-methyl/N-ethyl adjacent to an activating group) is 1. The Morgan fingerprint density at radius 1 is 1.32 bits per heavy atom. The molecule has 0 aromatic carbocycles. The second kappa shape index (κ2) is 11.6. The summed E-state index contributed by atoms with van der Waals surface area (Å²) >= 11 is 0. The maximum Gasteiger partial charge on any atom is 0.243 e. The van der Waals surface area contributed by atoms with Gasteiger partial charge in [0.25, 0.3) is 0 Å². The number of morpholine rings is 1. The Hall–Kier alpha value is -1.33. The molecule has 8 nitrogen and oxygen atoms in total. The van der Waals surface area contributed by atoms with Crippen LogP contribution in [0.2, 0.25) is 0 Å². The predicted molar refractivity (Wildman–Crippen MR) is 117 cm³/mol. The smallest absolute Gasteiger partial charge is 0.243 e. The van der Waals surface area contributed by atoms with Crippen molar-refractivity contribution in [3.63, 3.8) is 0 Å². The van der Waals surface area contributed by atoms with Crippen molar-refractivity contribution >= 4 is 35.8 Å². The molecule has 1 aromatic rings. The Balaban J connectivity index is 0.00000280. The van der Waals surface area contributed by atoms with Crippen molar-refractivity contribution in [3.8, 4) is 0 Å². The molecule has 2 fully saturated rings. The molecule has 1 amide bonds. The lowest BCUT2D eigenvalue weighted by Crippen LogP contribution is -2.53. The predicted octanol–water partition coefficient (Wildman–Crippen LogP) is 1.35. The zero-order valence-corrected chi connectivity index (χ0v) is 19.0. The van der Waals surface area contributed by atoms with Crippen LogP contribution in [0.25, 0.3) is 0 Å². The summed E-state index contributed by atoms with van der Waals surface area (Å²) < 4.78 is 17.1. The van der Waals surface area contributed by atoms with Gasteiger partial charge < -0.3 is 29.0 Å². The molecule has 0 saturated carbocycles. The van der Waals surface area contributed by atoms with Gasteiger partial charge in [0.1, 0.15) is 18.4 Å². The summed E-state index contributed by atoms with van der Waals surface area (Å²) in [7, 11) is 3.48. The van der Waals surface area contributed by atoms with Crippen LogP contribution in [0.3, 0.4) is 0 Å². The zero-order valence-electron chi connectivity index (χ0n) is 16.6. The Morgan fingerprint density at radius 2 is 2.14 bits per heavy atom. The van der Waals surface area contributed by atoms with Gasteiger partial charge in [-0.1, -0.05) is 0 Å². The molecule has 3 rings (SSSR count).